The Bertz CT molecular complexity index is 331. The van der Waals surface area contributed by atoms with E-state index in [0.29, 0.717) is 17.6 Å². The highest BCUT2D eigenvalue weighted by molar-refractivity contribution is 5.55. The monoisotopic (exact) mass is 208 g/mol. The maximum atomic E-state index is 13.1. The molecule has 1 saturated carbocycles. The van der Waals surface area contributed by atoms with Crippen LogP contribution in [-0.2, 0) is 0 Å². The van der Waals surface area contributed by atoms with Gasteiger partial charge in [0.05, 0.1) is 0 Å². The highest BCUT2D eigenvalue weighted by Gasteiger charge is 2.22. The number of nitrogens with two attached hydrogens (primary N) is 1. The molecule has 0 heterocycles. The van der Waals surface area contributed by atoms with Gasteiger partial charge in [-0.3, -0.25) is 0 Å². The molecule has 0 amide bonds. The normalized spacial score (nSPS) is 25.5. The molecule has 3 heteroatoms. The van der Waals surface area contributed by atoms with Gasteiger partial charge in [0.1, 0.15) is 5.82 Å². The summed E-state index contributed by atoms with van der Waals surface area (Å²) in [6.45, 7) is 2.23. The Morgan fingerprint density at radius 3 is 2.73 bits per heavy atom. The second-order valence-electron chi connectivity index (χ2n) is 4.43. The van der Waals surface area contributed by atoms with Gasteiger partial charge in [0, 0.05) is 17.4 Å². The molecular formula is C12H17FN2. The van der Waals surface area contributed by atoms with E-state index in [0.717, 1.165) is 12.1 Å². The lowest BCUT2D eigenvalue weighted by Crippen LogP contribution is -2.21. The Balaban J connectivity index is 2.10. The number of rotatable bonds is 2. The molecule has 0 spiro atoms. The molecular weight excluding hydrogens is 191 g/mol. The molecule has 1 aromatic rings. The average Bonchev–Trinajstić information content (AvgIpc) is 2.50. The molecule has 2 nitrogen and oxygen atoms in total. The van der Waals surface area contributed by atoms with Gasteiger partial charge in [0.25, 0.3) is 0 Å². The van der Waals surface area contributed by atoms with Crippen LogP contribution in [0.15, 0.2) is 18.2 Å². The number of benzene rings is 1. The molecule has 0 aliphatic heterocycles. The fourth-order valence-corrected chi connectivity index (χ4v) is 2.27. The van der Waals surface area contributed by atoms with Crippen LogP contribution in [0.5, 0.6) is 0 Å². The summed E-state index contributed by atoms with van der Waals surface area (Å²) in [4.78, 5) is 0. The van der Waals surface area contributed by atoms with Crippen LogP contribution in [0, 0.1) is 11.7 Å². The van der Waals surface area contributed by atoms with Crippen LogP contribution in [0.4, 0.5) is 15.8 Å². The zero-order valence-electron chi connectivity index (χ0n) is 8.96. The summed E-state index contributed by atoms with van der Waals surface area (Å²) in [5.41, 5.74) is 6.86. The average molecular weight is 208 g/mol. The predicted molar refractivity (Wildman–Crippen MR) is 61.2 cm³/mol. The Morgan fingerprint density at radius 2 is 2.13 bits per heavy atom. The van der Waals surface area contributed by atoms with Crippen molar-refractivity contribution >= 4 is 11.4 Å². The first-order valence-corrected chi connectivity index (χ1v) is 5.48. The van der Waals surface area contributed by atoms with E-state index in [9.17, 15) is 4.39 Å². The van der Waals surface area contributed by atoms with Gasteiger partial charge < -0.3 is 11.1 Å². The number of hydrogen-bond acceptors (Lipinski definition) is 2. The second kappa shape index (κ2) is 4.09. The summed E-state index contributed by atoms with van der Waals surface area (Å²) in [6, 6.07) is 5.09. The van der Waals surface area contributed by atoms with E-state index in [1.165, 1.54) is 25.0 Å². The lowest BCUT2D eigenvalue weighted by Gasteiger charge is -2.18. The van der Waals surface area contributed by atoms with Crippen molar-refractivity contribution in [3.8, 4) is 0 Å². The van der Waals surface area contributed by atoms with Gasteiger partial charge in [-0.25, -0.2) is 4.39 Å². The molecule has 0 radical (unpaired) electrons. The topological polar surface area (TPSA) is 38.0 Å². The van der Waals surface area contributed by atoms with Crippen molar-refractivity contribution in [2.24, 2.45) is 5.92 Å². The Labute approximate surface area is 89.7 Å². The summed E-state index contributed by atoms with van der Waals surface area (Å²) < 4.78 is 13.1. The van der Waals surface area contributed by atoms with E-state index < -0.39 is 0 Å². The fourth-order valence-electron chi connectivity index (χ4n) is 2.27. The fraction of sp³-hybridized carbons (Fsp3) is 0.500. The van der Waals surface area contributed by atoms with E-state index in [4.69, 9.17) is 5.73 Å². The standard InChI is InChI=1S/C12H17FN2/c1-8-3-2-4-12(8)15-11-6-9(13)5-10(14)7-11/h5-8,12,15H,2-4,14H2,1H3. The Hall–Kier alpha value is -1.25. The molecule has 82 valence electrons. The van der Waals surface area contributed by atoms with Crippen molar-refractivity contribution in [3.63, 3.8) is 0 Å². The summed E-state index contributed by atoms with van der Waals surface area (Å²) in [7, 11) is 0. The van der Waals surface area contributed by atoms with Crippen LogP contribution < -0.4 is 11.1 Å². The molecule has 1 aromatic carbocycles. The van der Waals surface area contributed by atoms with Gasteiger partial charge in [0.2, 0.25) is 0 Å². The zero-order valence-corrected chi connectivity index (χ0v) is 8.96. The van der Waals surface area contributed by atoms with Gasteiger partial charge in [-0.15, -0.1) is 0 Å². The van der Waals surface area contributed by atoms with Crippen molar-refractivity contribution in [1.29, 1.82) is 0 Å². The SMILES string of the molecule is CC1CCCC1Nc1cc(N)cc(F)c1. The Kier molecular flexibility index (Phi) is 2.80. The van der Waals surface area contributed by atoms with Gasteiger partial charge in [-0.05, 0) is 37.0 Å². The number of nitrogens with one attached hydrogen (secondary N) is 1. The number of hydrogen-bond donors (Lipinski definition) is 2. The molecule has 3 N–H and O–H groups in total. The first kappa shape index (κ1) is 10.3. The van der Waals surface area contributed by atoms with Crippen LogP contribution in [0.2, 0.25) is 0 Å². The molecule has 1 fully saturated rings. The molecule has 15 heavy (non-hydrogen) atoms. The molecule has 2 unspecified atom stereocenters. The lowest BCUT2D eigenvalue weighted by molar-refractivity contribution is 0.555. The maximum absolute atomic E-state index is 13.1. The Morgan fingerprint density at radius 1 is 1.33 bits per heavy atom. The molecule has 1 aliphatic carbocycles. The molecule has 2 atom stereocenters. The first-order chi connectivity index (χ1) is 7.15. The van der Waals surface area contributed by atoms with Crippen LogP contribution in [0.3, 0.4) is 0 Å². The first-order valence-electron chi connectivity index (χ1n) is 5.48. The van der Waals surface area contributed by atoms with Crippen LogP contribution in [0.1, 0.15) is 26.2 Å². The van der Waals surface area contributed by atoms with Crippen LogP contribution in [-0.4, -0.2) is 6.04 Å². The van der Waals surface area contributed by atoms with E-state index in [1.54, 1.807) is 6.07 Å². The largest absolute Gasteiger partial charge is 0.399 e. The third-order valence-electron chi connectivity index (χ3n) is 3.13. The summed E-state index contributed by atoms with van der Waals surface area (Å²) in [5, 5.41) is 3.35. The summed E-state index contributed by atoms with van der Waals surface area (Å²) in [5.74, 6) is 0.387. The highest BCUT2D eigenvalue weighted by atomic mass is 19.1. The zero-order chi connectivity index (χ0) is 10.8. The molecule has 0 aromatic heterocycles. The van der Waals surface area contributed by atoms with E-state index in [2.05, 4.69) is 12.2 Å². The third kappa shape index (κ3) is 2.41. The van der Waals surface area contributed by atoms with E-state index in [1.807, 2.05) is 0 Å². The van der Waals surface area contributed by atoms with Gasteiger partial charge in [-0.2, -0.15) is 0 Å². The minimum absolute atomic E-state index is 0.275. The summed E-state index contributed by atoms with van der Waals surface area (Å²) in [6.07, 6.45) is 3.67. The predicted octanol–water partition coefficient (Wildman–Crippen LogP) is 3.01. The molecule has 0 bridgehead atoms. The number of nitrogen functional groups attached to an aromatic ring is 1. The van der Waals surface area contributed by atoms with Crippen molar-refractivity contribution in [2.45, 2.75) is 32.2 Å². The third-order valence-corrected chi connectivity index (χ3v) is 3.13. The van der Waals surface area contributed by atoms with Crippen molar-refractivity contribution in [3.05, 3.63) is 24.0 Å². The van der Waals surface area contributed by atoms with Crippen LogP contribution in [0.25, 0.3) is 0 Å². The molecule has 0 saturated heterocycles. The second-order valence-corrected chi connectivity index (χ2v) is 4.43. The smallest absolute Gasteiger partial charge is 0.127 e. The van der Waals surface area contributed by atoms with Crippen molar-refractivity contribution < 1.29 is 4.39 Å². The van der Waals surface area contributed by atoms with E-state index >= 15 is 0 Å². The van der Waals surface area contributed by atoms with Gasteiger partial charge >= 0.3 is 0 Å². The molecule has 1 aliphatic rings. The molecule has 2 rings (SSSR count). The quantitative estimate of drug-likeness (QED) is 0.733. The maximum Gasteiger partial charge on any atom is 0.127 e. The van der Waals surface area contributed by atoms with Gasteiger partial charge in [-0.1, -0.05) is 13.3 Å². The van der Waals surface area contributed by atoms with Gasteiger partial charge in [0.15, 0.2) is 0 Å². The number of halogens is 1. The number of anilines is 2. The summed E-state index contributed by atoms with van der Waals surface area (Å²) >= 11 is 0. The van der Waals surface area contributed by atoms with Crippen LogP contribution >= 0.6 is 0 Å². The minimum Gasteiger partial charge on any atom is -0.399 e. The van der Waals surface area contributed by atoms with Crippen molar-refractivity contribution in [1.82, 2.24) is 0 Å². The minimum atomic E-state index is -0.275. The lowest BCUT2D eigenvalue weighted by atomic mass is 10.1. The van der Waals surface area contributed by atoms with Crippen molar-refractivity contribution in [2.75, 3.05) is 11.1 Å². The highest BCUT2D eigenvalue weighted by Crippen LogP contribution is 2.28. The van der Waals surface area contributed by atoms with E-state index in [-0.39, 0.29) is 5.82 Å².